The summed E-state index contributed by atoms with van der Waals surface area (Å²) < 4.78 is 5.71. The van der Waals surface area contributed by atoms with E-state index in [1.165, 1.54) is 6.08 Å². The zero-order chi connectivity index (χ0) is 15.4. The summed E-state index contributed by atoms with van der Waals surface area (Å²) >= 11 is 0. The Morgan fingerprint density at radius 3 is 2.75 bits per heavy atom. The van der Waals surface area contributed by atoms with Gasteiger partial charge in [-0.2, -0.15) is 5.26 Å². The highest BCUT2D eigenvalue weighted by Gasteiger charge is 2.34. The minimum atomic E-state index is -1.19. The monoisotopic (exact) mass is 279 g/mol. The molecule has 20 heavy (non-hydrogen) atoms. The van der Waals surface area contributed by atoms with Crippen LogP contribution in [0.3, 0.4) is 0 Å². The zero-order valence-corrected chi connectivity index (χ0v) is 12.3. The minimum absolute atomic E-state index is 0.0283. The third kappa shape index (κ3) is 4.08. The lowest BCUT2D eigenvalue weighted by Crippen LogP contribution is -2.34. The third-order valence-electron chi connectivity index (χ3n) is 2.76. The summed E-state index contributed by atoms with van der Waals surface area (Å²) in [5.74, 6) is 0.412. The molecule has 0 atom stereocenters. The minimum Gasteiger partial charge on any atom is -0.466 e. The number of aliphatic hydroxyl groups is 2. The Kier molecular flexibility index (Phi) is 4.93. The molecule has 1 rings (SSSR count). The average molecular weight is 279 g/mol. The summed E-state index contributed by atoms with van der Waals surface area (Å²) in [5, 5.41) is 30.5. The van der Waals surface area contributed by atoms with E-state index in [9.17, 15) is 5.11 Å². The number of aliphatic imine (C=N–C) groups is 1. The van der Waals surface area contributed by atoms with Gasteiger partial charge in [0.15, 0.2) is 5.88 Å². The Morgan fingerprint density at radius 1 is 1.60 bits per heavy atom. The molecule has 110 valence electrons. The van der Waals surface area contributed by atoms with Crippen molar-refractivity contribution in [1.29, 1.82) is 5.26 Å². The fraction of sp³-hybridized carbons (Fsp3) is 0.571. The fourth-order valence-electron chi connectivity index (χ4n) is 1.69. The largest absolute Gasteiger partial charge is 0.466 e. The van der Waals surface area contributed by atoms with E-state index < -0.39 is 11.2 Å². The summed E-state index contributed by atoms with van der Waals surface area (Å²) in [5.41, 5.74) is -0.768. The van der Waals surface area contributed by atoms with Gasteiger partial charge in [0.1, 0.15) is 5.60 Å². The molecule has 6 nitrogen and oxygen atoms in total. The smallest absolute Gasteiger partial charge is 0.194 e. The Morgan fingerprint density at radius 2 is 2.25 bits per heavy atom. The molecule has 0 aliphatic carbocycles. The molecule has 0 saturated carbocycles. The van der Waals surface area contributed by atoms with Crippen LogP contribution in [-0.4, -0.2) is 40.3 Å². The van der Waals surface area contributed by atoms with Gasteiger partial charge in [0.05, 0.1) is 36.2 Å². The molecule has 0 aromatic carbocycles. The van der Waals surface area contributed by atoms with Gasteiger partial charge in [-0.25, -0.2) is 0 Å². The molecule has 0 bridgehead atoms. The van der Waals surface area contributed by atoms with Gasteiger partial charge in [0, 0.05) is 12.2 Å². The first kappa shape index (κ1) is 16.2. The molecule has 0 aromatic rings. The van der Waals surface area contributed by atoms with Crippen molar-refractivity contribution in [3.8, 4) is 6.07 Å². The Balaban J connectivity index is 2.94. The van der Waals surface area contributed by atoms with Crippen molar-refractivity contribution in [3.05, 3.63) is 23.7 Å². The zero-order valence-electron chi connectivity index (χ0n) is 12.3. The molecule has 0 saturated heterocycles. The van der Waals surface area contributed by atoms with Crippen molar-refractivity contribution in [2.24, 2.45) is 4.99 Å². The summed E-state index contributed by atoms with van der Waals surface area (Å²) in [6.07, 6.45) is 2.94. The van der Waals surface area contributed by atoms with Crippen molar-refractivity contribution in [2.45, 2.75) is 38.9 Å². The third-order valence-corrected chi connectivity index (χ3v) is 2.76. The highest BCUT2D eigenvalue weighted by Crippen LogP contribution is 2.26. The van der Waals surface area contributed by atoms with Crippen molar-refractivity contribution in [3.63, 3.8) is 0 Å². The first-order valence-electron chi connectivity index (χ1n) is 6.37. The van der Waals surface area contributed by atoms with Gasteiger partial charge < -0.3 is 20.3 Å². The maximum Gasteiger partial charge on any atom is 0.194 e. The molecular formula is C14H21N3O3. The quantitative estimate of drug-likeness (QED) is 0.648. The van der Waals surface area contributed by atoms with Crippen LogP contribution in [0.4, 0.5) is 0 Å². The second kappa shape index (κ2) is 6.07. The number of aliphatic hydroxyl groups excluding tert-OH is 1. The fourth-order valence-corrected chi connectivity index (χ4v) is 1.69. The Labute approximate surface area is 119 Å². The maximum atomic E-state index is 9.98. The maximum absolute atomic E-state index is 9.98. The van der Waals surface area contributed by atoms with E-state index in [-0.39, 0.29) is 6.61 Å². The van der Waals surface area contributed by atoms with Crippen molar-refractivity contribution in [2.75, 3.05) is 13.2 Å². The molecule has 0 spiro atoms. The summed E-state index contributed by atoms with van der Waals surface area (Å²) in [7, 11) is 0. The van der Waals surface area contributed by atoms with Crippen LogP contribution in [0.5, 0.6) is 0 Å². The number of hydrogen-bond donors (Lipinski definition) is 3. The molecule has 0 amide bonds. The van der Waals surface area contributed by atoms with Crippen LogP contribution in [-0.2, 0) is 4.74 Å². The number of nitrogens with one attached hydrogen (secondary N) is 1. The van der Waals surface area contributed by atoms with Gasteiger partial charge in [0.2, 0.25) is 0 Å². The lowest BCUT2D eigenvalue weighted by Gasteiger charge is -2.25. The van der Waals surface area contributed by atoms with Gasteiger partial charge in [-0.3, -0.25) is 4.99 Å². The average Bonchev–Trinajstić information content (AvgIpc) is 2.59. The number of hydrogen-bond acceptors (Lipinski definition) is 6. The van der Waals surface area contributed by atoms with Crippen LogP contribution in [0.2, 0.25) is 0 Å². The number of ether oxygens (including phenoxy) is 1. The van der Waals surface area contributed by atoms with E-state index >= 15 is 0 Å². The van der Waals surface area contributed by atoms with E-state index in [1.807, 2.05) is 19.9 Å². The molecule has 1 aliphatic rings. The molecule has 1 heterocycles. The van der Waals surface area contributed by atoms with Crippen molar-refractivity contribution >= 4 is 5.71 Å². The van der Waals surface area contributed by atoms with Gasteiger partial charge in [-0.05, 0) is 27.7 Å². The van der Waals surface area contributed by atoms with Crippen LogP contribution in [0.25, 0.3) is 0 Å². The van der Waals surface area contributed by atoms with Crippen molar-refractivity contribution < 1.29 is 14.9 Å². The first-order chi connectivity index (χ1) is 9.20. The molecule has 0 aromatic heterocycles. The predicted molar refractivity (Wildman–Crippen MR) is 75.8 cm³/mol. The van der Waals surface area contributed by atoms with Crippen LogP contribution in [0, 0.1) is 11.3 Å². The van der Waals surface area contributed by atoms with E-state index in [0.717, 1.165) is 0 Å². The predicted octanol–water partition coefficient (Wildman–Crippen LogP) is 0.838. The normalized spacial score (nSPS) is 20.4. The van der Waals surface area contributed by atoms with Gasteiger partial charge in [-0.15, -0.1) is 0 Å². The molecular weight excluding hydrogens is 258 g/mol. The summed E-state index contributed by atoms with van der Waals surface area (Å²) in [6, 6.07) is 1.88. The topological polar surface area (TPSA) is 97.9 Å². The Bertz CT molecular complexity index is 491. The standard InChI is InChI=1S/C14H21N3O3/c1-13(2,19)10(5-6-15)17-12-9-11(16-7-8-18)14(3,4)20-12/h5,9,17-19H,7-8H2,1-4H3. The van der Waals surface area contributed by atoms with Crippen LogP contribution in [0.15, 0.2) is 28.7 Å². The first-order valence-corrected chi connectivity index (χ1v) is 6.37. The molecule has 3 N–H and O–H groups in total. The molecule has 0 fully saturated rings. The number of nitriles is 1. The lowest BCUT2D eigenvalue weighted by molar-refractivity contribution is 0.0804. The van der Waals surface area contributed by atoms with Crippen LogP contribution >= 0.6 is 0 Å². The number of rotatable bonds is 5. The second-order valence-electron chi connectivity index (χ2n) is 5.48. The highest BCUT2D eigenvalue weighted by atomic mass is 16.5. The highest BCUT2D eigenvalue weighted by molar-refractivity contribution is 6.03. The van der Waals surface area contributed by atoms with E-state index in [1.54, 1.807) is 19.9 Å². The molecule has 0 unspecified atom stereocenters. The van der Waals surface area contributed by atoms with Gasteiger partial charge in [-0.1, -0.05) is 0 Å². The van der Waals surface area contributed by atoms with Crippen LogP contribution < -0.4 is 5.32 Å². The second-order valence-corrected chi connectivity index (χ2v) is 5.48. The number of nitrogens with zero attached hydrogens (tertiary/aromatic N) is 2. The summed E-state index contributed by atoms with van der Waals surface area (Å²) in [4.78, 5) is 4.24. The lowest BCUT2D eigenvalue weighted by atomic mass is 10.0. The van der Waals surface area contributed by atoms with E-state index in [4.69, 9.17) is 15.1 Å². The molecule has 6 heteroatoms. The summed E-state index contributed by atoms with van der Waals surface area (Å²) in [6.45, 7) is 7.13. The van der Waals surface area contributed by atoms with Crippen molar-refractivity contribution in [1.82, 2.24) is 5.32 Å². The molecule has 1 aliphatic heterocycles. The van der Waals surface area contributed by atoms with E-state index in [0.29, 0.717) is 23.8 Å². The number of allylic oxidation sites excluding steroid dienone is 1. The van der Waals surface area contributed by atoms with Crippen LogP contribution in [0.1, 0.15) is 27.7 Å². The molecule has 0 radical (unpaired) electrons. The van der Waals surface area contributed by atoms with E-state index in [2.05, 4.69) is 10.3 Å². The SMILES string of the molecule is CC(C)(O)C(=CC#N)NC1=CC(=NCCO)C(C)(C)O1. The van der Waals surface area contributed by atoms with Gasteiger partial charge >= 0.3 is 0 Å². The Hall–Kier alpha value is -1.84. The van der Waals surface area contributed by atoms with Gasteiger partial charge in [0.25, 0.3) is 0 Å².